The third-order valence-corrected chi connectivity index (χ3v) is 6.66. The fraction of sp³-hybridized carbons (Fsp3) is 0.207. The number of halogens is 5. The van der Waals surface area contributed by atoms with Crippen molar-refractivity contribution in [2.24, 2.45) is 5.73 Å². The van der Waals surface area contributed by atoms with Crippen molar-refractivity contribution in [2.45, 2.75) is 32.3 Å². The number of carbonyl (C=O) groups excluding carboxylic acids is 1. The van der Waals surface area contributed by atoms with E-state index in [1.165, 1.54) is 44.4 Å². The van der Waals surface area contributed by atoms with Crippen molar-refractivity contribution >= 4 is 6.09 Å². The minimum absolute atomic E-state index is 0.239. The van der Waals surface area contributed by atoms with Crippen LogP contribution in [-0.4, -0.2) is 22.3 Å². The molecule has 1 atom stereocenters. The van der Waals surface area contributed by atoms with Gasteiger partial charge in [-0.2, -0.15) is 13.2 Å². The van der Waals surface area contributed by atoms with Crippen LogP contribution < -0.4 is 21.7 Å². The molecule has 13 heteroatoms. The fourth-order valence-electron chi connectivity index (χ4n) is 4.65. The number of primary amides is 1. The maximum atomic E-state index is 15.4. The van der Waals surface area contributed by atoms with Gasteiger partial charge in [-0.1, -0.05) is 48.5 Å². The molecule has 42 heavy (non-hydrogen) atoms. The van der Waals surface area contributed by atoms with Crippen LogP contribution in [0.2, 0.25) is 0 Å². The molecule has 1 unspecified atom stereocenters. The minimum atomic E-state index is -4.97. The summed E-state index contributed by atoms with van der Waals surface area (Å²) < 4.78 is 83.2. The van der Waals surface area contributed by atoms with Crippen LogP contribution >= 0.6 is 0 Å². The number of carbonyl (C=O) groups is 1. The van der Waals surface area contributed by atoms with Gasteiger partial charge in [0.1, 0.15) is 11.9 Å². The number of hydrogen-bond acceptors (Lipinski definition) is 5. The number of nitrogens with zero attached hydrogens (tertiary/aromatic N) is 2. The van der Waals surface area contributed by atoms with Crippen LogP contribution in [0.4, 0.5) is 26.7 Å². The first-order valence-electron chi connectivity index (χ1n) is 12.4. The SMILES string of the molecule is COc1cccc(-c2c(C)n(Cc3c(F)cccc3C(F)(F)F)c(=O)n(CC(OC(N)=O)c3ccccc3)c2=O)c1F. The van der Waals surface area contributed by atoms with Gasteiger partial charge in [0.25, 0.3) is 5.56 Å². The summed E-state index contributed by atoms with van der Waals surface area (Å²) in [6.07, 6.45) is -7.50. The van der Waals surface area contributed by atoms with E-state index in [-0.39, 0.29) is 17.0 Å². The Bertz CT molecular complexity index is 1750. The Hall–Kier alpha value is -4.94. The lowest BCUT2D eigenvalue weighted by Gasteiger charge is -2.22. The summed E-state index contributed by atoms with van der Waals surface area (Å²) in [6.45, 7) is -0.380. The molecular formula is C29H24F5N3O5. The topological polar surface area (TPSA) is 106 Å². The van der Waals surface area contributed by atoms with Gasteiger partial charge in [0.05, 0.1) is 31.3 Å². The van der Waals surface area contributed by atoms with Crippen molar-refractivity contribution in [3.8, 4) is 16.9 Å². The van der Waals surface area contributed by atoms with Gasteiger partial charge in [-0.05, 0) is 30.7 Å². The van der Waals surface area contributed by atoms with Crippen molar-refractivity contribution in [1.82, 2.24) is 9.13 Å². The van der Waals surface area contributed by atoms with E-state index in [0.717, 1.165) is 16.7 Å². The Balaban J connectivity index is 2.03. The normalized spacial score (nSPS) is 12.2. The summed E-state index contributed by atoms with van der Waals surface area (Å²) in [5.74, 6) is -2.47. The monoisotopic (exact) mass is 589 g/mol. The summed E-state index contributed by atoms with van der Waals surface area (Å²) >= 11 is 0. The molecule has 0 radical (unpaired) electrons. The van der Waals surface area contributed by atoms with Crippen LogP contribution in [0.5, 0.6) is 5.75 Å². The van der Waals surface area contributed by atoms with Crippen molar-refractivity contribution in [3.05, 3.63) is 122 Å². The van der Waals surface area contributed by atoms with E-state index in [1.807, 2.05) is 0 Å². The van der Waals surface area contributed by atoms with Crippen molar-refractivity contribution in [2.75, 3.05) is 7.11 Å². The zero-order valence-electron chi connectivity index (χ0n) is 22.2. The van der Waals surface area contributed by atoms with Gasteiger partial charge in [-0.25, -0.2) is 18.4 Å². The first-order chi connectivity index (χ1) is 19.8. The van der Waals surface area contributed by atoms with Gasteiger partial charge in [-0.3, -0.25) is 13.9 Å². The second-order valence-electron chi connectivity index (χ2n) is 9.17. The molecule has 2 N–H and O–H groups in total. The summed E-state index contributed by atoms with van der Waals surface area (Å²) in [7, 11) is 1.19. The molecule has 8 nitrogen and oxygen atoms in total. The Labute approximate surface area is 235 Å². The molecule has 0 aliphatic carbocycles. The van der Waals surface area contributed by atoms with E-state index < -0.39 is 71.0 Å². The molecule has 1 heterocycles. The Kier molecular flexibility index (Phi) is 8.50. The number of methoxy groups -OCH3 is 1. The number of nitrogens with two attached hydrogens (primary N) is 1. The molecule has 0 saturated heterocycles. The number of ether oxygens (including phenoxy) is 2. The highest BCUT2D eigenvalue weighted by molar-refractivity contribution is 5.68. The Morgan fingerprint density at radius 3 is 2.24 bits per heavy atom. The fourth-order valence-corrected chi connectivity index (χ4v) is 4.65. The summed E-state index contributed by atoms with van der Waals surface area (Å²) in [4.78, 5) is 39.3. The molecule has 1 aromatic heterocycles. The molecule has 3 aromatic carbocycles. The van der Waals surface area contributed by atoms with Crippen LogP contribution in [0.3, 0.4) is 0 Å². The molecule has 0 fully saturated rings. The number of amides is 1. The van der Waals surface area contributed by atoms with Crippen molar-refractivity contribution in [3.63, 3.8) is 0 Å². The number of hydrogen-bond donors (Lipinski definition) is 1. The van der Waals surface area contributed by atoms with Gasteiger partial charge in [0.2, 0.25) is 0 Å². The highest BCUT2D eigenvalue weighted by atomic mass is 19.4. The number of benzene rings is 3. The zero-order valence-corrected chi connectivity index (χ0v) is 22.2. The van der Waals surface area contributed by atoms with Crippen LogP contribution in [-0.2, 0) is 24.0 Å². The molecule has 0 aliphatic heterocycles. The number of aromatic nitrogens is 2. The lowest BCUT2D eigenvalue weighted by Crippen LogP contribution is -2.44. The maximum Gasteiger partial charge on any atom is 0.416 e. The molecule has 0 bridgehead atoms. The van der Waals surface area contributed by atoms with E-state index >= 15 is 4.39 Å². The average molecular weight is 590 g/mol. The van der Waals surface area contributed by atoms with E-state index in [9.17, 15) is 31.9 Å². The second kappa shape index (κ2) is 11.9. The third kappa shape index (κ3) is 5.90. The highest BCUT2D eigenvalue weighted by Gasteiger charge is 2.35. The number of alkyl halides is 3. The summed E-state index contributed by atoms with van der Waals surface area (Å²) in [5.41, 5.74) is 0.184. The van der Waals surface area contributed by atoms with Gasteiger partial charge < -0.3 is 15.2 Å². The van der Waals surface area contributed by atoms with Crippen LogP contribution in [0.25, 0.3) is 11.1 Å². The summed E-state index contributed by atoms with van der Waals surface area (Å²) in [5, 5.41) is 0. The molecule has 220 valence electrons. The molecular weight excluding hydrogens is 565 g/mol. The smallest absolute Gasteiger partial charge is 0.416 e. The lowest BCUT2D eigenvalue weighted by molar-refractivity contribution is -0.138. The van der Waals surface area contributed by atoms with Gasteiger partial charge in [0, 0.05) is 16.8 Å². The second-order valence-corrected chi connectivity index (χ2v) is 9.17. The zero-order chi connectivity index (χ0) is 30.8. The largest absolute Gasteiger partial charge is 0.494 e. The predicted molar refractivity (Wildman–Crippen MR) is 142 cm³/mol. The van der Waals surface area contributed by atoms with E-state index in [4.69, 9.17) is 15.2 Å². The van der Waals surface area contributed by atoms with Crippen molar-refractivity contribution < 1.29 is 36.2 Å². The standard InChI is InChI=1S/C29H24F5N3O5/c1-16-24(18-10-6-13-22(41-2)25(18)31)26(38)37(15-23(42-27(35)39)17-8-4-3-5-9-17)28(40)36(16)14-19-20(29(32,33)34)11-7-12-21(19)30/h3-13,23H,14-15H2,1-2H3,(H2,35,39). The first kappa shape index (κ1) is 30.0. The van der Waals surface area contributed by atoms with Crippen molar-refractivity contribution in [1.29, 1.82) is 0 Å². The molecule has 0 spiro atoms. The van der Waals surface area contributed by atoms with Gasteiger partial charge in [0.15, 0.2) is 11.6 Å². The van der Waals surface area contributed by atoms with E-state index in [1.54, 1.807) is 18.2 Å². The third-order valence-electron chi connectivity index (χ3n) is 6.66. The van der Waals surface area contributed by atoms with E-state index in [2.05, 4.69) is 0 Å². The molecule has 0 saturated carbocycles. The maximum absolute atomic E-state index is 15.4. The first-order valence-corrected chi connectivity index (χ1v) is 12.4. The Morgan fingerprint density at radius 1 is 0.952 bits per heavy atom. The Morgan fingerprint density at radius 2 is 1.62 bits per heavy atom. The lowest BCUT2D eigenvalue weighted by atomic mass is 10.0. The number of rotatable bonds is 8. The minimum Gasteiger partial charge on any atom is -0.494 e. The molecule has 4 aromatic rings. The average Bonchev–Trinajstić information content (AvgIpc) is 2.94. The van der Waals surface area contributed by atoms with Crippen LogP contribution in [0.15, 0.2) is 76.3 Å². The van der Waals surface area contributed by atoms with Gasteiger partial charge in [-0.15, -0.1) is 0 Å². The molecule has 0 aliphatic rings. The molecule has 1 amide bonds. The highest BCUT2D eigenvalue weighted by Crippen LogP contribution is 2.34. The molecule has 4 rings (SSSR count). The van der Waals surface area contributed by atoms with Crippen LogP contribution in [0.1, 0.15) is 28.5 Å². The summed E-state index contributed by atoms with van der Waals surface area (Å²) in [6, 6.07) is 14.1. The van der Waals surface area contributed by atoms with Crippen LogP contribution in [0, 0.1) is 18.6 Å². The predicted octanol–water partition coefficient (Wildman–Crippen LogP) is 5.18. The van der Waals surface area contributed by atoms with Gasteiger partial charge >= 0.3 is 18.0 Å². The van der Waals surface area contributed by atoms with E-state index in [0.29, 0.717) is 16.2 Å². The quantitative estimate of drug-likeness (QED) is 0.286.